The highest BCUT2D eigenvalue weighted by molar-refractivity contribution is 9.10. The van der Waals surface area contributed by atoms with Crippen molar-refractivity contribution in [3.05, 3.63) is 28.2 Å². The monoisotopic (exact) mass is 325 g/mol. The number of hydrogen-bond donors (Lipinski definition) is 2. The molecule has 19 heavy (non-hydrogen) atoms. The second kappa shape index (κ2) is 6.39. The molecule has 5 heteroatoms. The number of nitrogens with one attached hydrogen (secondary N) is 1. The fourth-order valence-electron chi connectivity index (χ4n) is 2.45. The fourth-order valence-corrected chi connectivity index (χ4v) is 3.18. The minimum absolute atomic E-state index is 0.0791. The first-order chi connectivity index (χ1) is 9.13. The zero-order valence-electron chi connectivity index (χ0n) is 11.2. The molecule has 4 nitrogen and oxygen atoms in total. The van der Waals surface area contributed by atoms with Crippen molar-refractivity contribution in [1.29, 1.82) is 0 Å². The maximum atomic E-state index is 12.1. The van der Waals surface area contributed by atoms with Gasteiger partial charge in [0.2, 0.25) is 5.91 Å². The van der Waals surface area contributed by atoms with Gasteiger partial charge in [-0.3, -0.25) is 4.79 Å². The van der Waals surface area contributed by atoms with Gasteiger partial charge in [0.05, 0.1) is 5.69 Å². The lowest BCUT2D eigenvalue weighted by molar-refractivity contribution is -0.122. The van der Waals surface area contributed by atoms with Gasteiger partial charge in [-0.05, 0) is 59.9 Å². The quantitative estimate of drug-likeness (QED) is 0.891. The number of benzene rings is 1. The number of halogens is 1. The van der Waals surface area contributed by atoms with Gasteiger partial charge >= 0.3 is 0 Å². The average molecular weight is 326 g/mol. The van der Waals surface area contributed by atoms with Crippen molar-refractivity contribution in [1.82, 2.24) is 5.32 Å². The van der Waals surface area contributed by atoms with Gasteiger partial charge in [0, 0.05) is 17.6 Å². The van der Waals surface area contributed by atoms with Crippen LogP contribution in [0.3, 0.4) is 0 Å². The van der Waals surface area contributed by atoms with Crippen LogP contribution in [0.4, 0.5) is 5.69 Å². The molecule has 1 aliphatic heterocycles. The van der Waals surface area contributed by atoms with E-state index in [2.05, 4.69) is 51.3 Å². The van der Waals surface area contributed by atoms with Gasteiger partial charge in [-0.15, -0.1) is 0 Å². The summed E-state index contributed by atoms with van der Waals surface area (Å²) in [6, 6.07) is 6.05. The van der Waals surface area contributed by atoms with E-state index in [1.165, 1.54) is 5.56 Å². The highest BCUT2D eigenvalue weighted by atomic mass is 79.9. The summed E-state index contributed by atoms with van der Waals surface area (Å²) >= 11 is 3.60. The van der Waals surface area contributed by atoms with E-state index in [-0.39, 0.29) is 11.9 Å². The van der Waals surface area contributed by atoms with Crippen molar-refractivity contribution >= 4 is 27.5 Å². The number of carbonyl (C=O) groups excluding carboxylic acids is 1. The van der Waals surface area contributed by atoms with Gasteiger partial charge in [0.15, 0.2) is 0 Å². The summed E-state index contributed by atoms with van der Waals surface area (Å²) in [5.41, 5.74) is 7.93. The molecule has 1 atom stereocenters. The molecular formula is C14H20BrN3O. The first-order valence-electron chi connectivity index (χ1n) is 6.64. The first-order valence-corrected chi connectivity index (χ1v) is 7.43. The number of hydrogen-bond acceptors (Lipinski definition) is 3. The van der Waals surface area contributed by atoms with Crippen molar-refractivity contribution in [3.63, 3.8) is 0 Å². The predicted molar refractivity (Wildman–Crippen MR) is 81.3 cm³/mol. The van der Waals surface area contributed by atoms with Gasteiger partial charge in [-0.25, -0.2) is 0 Å². The van der Waals surface area contributed by atoms with Crippen LogP contribution in [0.5, 0.6) is 0 Å². The zero-order valence-corrected chi connectivity index (χ0v) is 12.7. The smallest absolute Gasteiger partial charge is 0.242 e. The van der Waals surface area contributed by atoms with Crippen LogP contribution in [-0.4, -0.2) is 31.6 Å². The Kier molecular flexibility index (Phi) is 4.82. The lowest BCUT2D eigenvalue weighted by Gasteiger charge is -2.31. The number of anilines is 1. The van der Waals surface area contributed by atoms with E-state index in [1.54, 1.807) is 0 Å². The standard InChI is InChI=1S/C14H20BrN3O/c1-10-3-4-12(11(15)9-10)18-8-2-7-17-14(19)13(18)5-6-16/h3-4,9,13H,2,5-8,16H2,1H3,(H,17,19). The average Bonchev–Trinajstić information content (AvgIpc) is 2.54. The van der Waals surface area contributed by atoms with Crippen LogP contribution in [-0.2, 0) is 4.79 Å². The molecule has 1 unspecified atom stereocenters. The summed E-state index contributed by atoms with van der Waals surface area (Å²) in [5.74, 6) is 0.0791. The Morgan fingerprint density at radius 2 is 2.32 bits per heavy atom. The second-order valence-electron chi connectivity index (χ2n) is 4.89. The summed E-state index contributed by atoms with van der Waals surface area (Å²) in [4.78, 5) is 14.3. The SMILES string of the molecule is Cc1ccc(N2CCCNC(=O)C2CCN)c(Br)c1. The molecule has 0 aromatic heterocycles. The maximum Gasteiger partial charge on any atom is 0.242 e. The fraction of sp³-hybridized carbons (Fsp3) is 0.500. The largest absolute Gasteiger partial charge is 0.359 e. The Hall–Kier alpha value is -1.07. The molecule has 3 N–H and O–H groups in total. The highest BCUT2D eigenvalue weighted by Crippen LogP contribution is 2.30. The molecular weight excluding hydrogens is 306 g/mol. The summed E-state index contributed by atoms with van der Waals surface area (Å²) in [7, 11) is 0. The molecule has 1 saturated heterocycles. The number of nitrogens with two attached hydrogens (primary N) is 1. The number of rotatable bonds is 3. The molecule has 1 aromatic carbocycles. The molecule has 1 fully saturated rings. The molecule has 0 saturated carbocycles. The van der Waals surface area contributed by atoms with E-state index in [4.69, 9.17) is 5.73 Å². The maximum absolute atomic E-state index is 12.1. The molecule has 0 radical (unpaired) electrons. The molecule has 0 spiro atoms. The normalized spacial score (nSPS) is 20.1. The Bertz CT molecular complexity index is 464. The van der Waals surface area contributed by atoms with Gasteiger partial charge in [0.25, 0.3) is 0 Å². The van der Waals surface area contributed by atoms with E-state index in [0.29, 0.717) is 13.0 Å². The summed E-state index contributed by atoms with van der Waals surface area (Å²) in [5, 5.41) is 2.96. The van der Waals surface area contributed by atoms with Crippen molar-refractivity contribution < 1.29 is 4.79 Å². The Labute approximate surface area is 122 Å². The number of nitrogens with zero attached hydrogens (tertiary/aromatic N) is 1. The molecule has 1 amide bonds. The summed E-state index contributed by atoms with van der Waals surface area (Å²) in [6.07, 6.45) is 1.62. The summed E-state index contributed by atoms with van der Waals surface area (Å²) in [6.45, 7) is 4.17. The van der Waals surface area contributed by atoms with Crippen LogP contribution in [0.1, 0.15) is 18.4 Å². The van der Waals surface area contributed by atoms with E-state index in [0.717, 1.165) is 29.7 Å². The van der Waals surface area contributed by atoms with Crippen LogP contribution in [0.25, 0.3) is 0 Å². The van der Waals surface area contributed by atoms with Gasteiger partial charge in [-0.1, -0.05) is 6.07 Å². The lowest BCUT2D eigenvalue weighted by atomic mass is 10.1. The van der Waals surface area contributed by atoms with Crippen LogP contribution in [0.15, 0.2) is 22.7 Å². The van der Waals surface area contributed by atoms with Crippen LogP contribution in [0.2, 0.25) is 0 Å². The van der Waals surface area contributed by atoms with E-state index < -0.39 is 0 Å². The van der Waals surface area contributed by atoms with Crippen molar-refractivity contribution in [3.8, 4) is 0 Å². The second-order valence-corrected chi connectivity index (χ2v) is 5.74. The molecule has 104 valence electrons. The minimum atomic E-state index is -0.175. The number of carbonyl (C=O) groups is 1. The minimum Gasteiger partial charge on any atom is -0.359 e. The molecule has 0 aliphatic carbocycles. The zero-order chi connectivity index (χ0) is 13.8. The van der Waals surface area contributed by atoms with Crippen LogP contribution in [0, 0.1) is 6.92 Å². The van der Waals surface area contributed by atoms with Crippen LogP contribution < -0.4 is 16.0 Å². The first kappa shape index (κ1) is 14.3. The predicted octanol–water partition coefficient (Wildman–Crippen LogP) is 1.80. The third-order valence-electron chi connectivity index (χ3n) is 3.41. The van der Waals surface area contributed by atoms with Gasteiger partial charge in [0.1, 0.15) is 6.04 Å². The summed E-state index contributed by atoms with van der Waals surface area (Å²) < 4.78 is 1.03. The third kappa shape index (κ3) is 3.28. The topological polar surface area (TPSA) is 58.4 Å². The molecule has 2 rings (SSSR count). The Morgan fingerprint density at radius 1 is 1.53 bits per heavy atom. The molecule has 1 aromatic rings. The molecule has 1 heterocycles. The Balaban J connectivity index is 2.34. The molecule has 1 aliphatic rings. The van der Waals surface area contributed by atoms with E-state index in [1.807, 2.05) is 0 Å². The Morgan fingerprint density at radius 3 is 3.00 bits per heavy atom. The third-order valence-corrected chi connectivity index (χ3v) is 4.04. The molecule has 0 bridgehead atoms. The van der Waals surface area contributed by atoms with E-state index in [9.17, 15) is 4.79 Å². The van der Waals surface area contributed by atoms with Crippen molar-refractivity contribution in [2.75, 3.05) is 24.5 Å². The lowest BCUT2D eigenvalue weighted by Crippen LogP contribution is -2.45. The van der Waals surface area contributed by atoms with E-state index >= 15 is 0 Å². The van der Waals surface area contributed by atoms with Gasteiger partial charge < -0.3 is 16.0 Å². The van der Waals surface area contributed by atoms with Crippen molar-refractivity contribution in [2.45, 2.75) is 25.8 Å². The van der Waals surface area contributed by atoms with Gasteiger partial charge in [-0.2, -0.15) is 0 Å². The number of amides is 1. The van der Waals surface area contributed by atoms with Crippen LogP contribution >= 0.6 is 15.9 Å². The highest BCUT2D eigenvalue weighted by Gasteiger charge is 2.28. The number of aryl methyl sites for hydroxylation is 1. The van der Waals surface area contributed by atoms with Crippen molar-refractivity contribution in [2.24, 2.45) is 5.73 Å².